The van der Waals surface area contributed by atoms with E-state index in [2.05, 4.69) is 5.32 Å². The van der Waals surface area contributed by atoms with E-state index in [1.807, 2.05) is 24.3 Å². The second-order valence-corrected chi connectivity index (χ2v) is 3.58. The van der Waals surface area contributed by atoms with E-state index in [1.54, 1.807) is 0 Å². The Morgan fingerprint density at radius 2 is 1.92 bits per heavy atom. The van der Waals surface area contributed by atoms with Crippen LogP contribution in [0.3, 0.4) is 0 Å². The summed E-state index contributed by atoms with van der Waals surface area (Å²) < 4.78 is 11.1. The van der Waals surface area contributed by atoms with Gasteiger partial charge in [-0.15, -0.1) is 24.8 Å². The molecule has 68 valence electrons. The minimum atomic E-state index is -0.809. The predicted molar refractivity (Wildman–Crippen MR) is 55.8 cm³/mol. The third-order valence-corrected chi connectivity index (χ3v) is 2.78. The molecule has 1 unspecified atom stereocenters. The van der Waals surface area contributed by atoms with Crippen LogP contribution >= 0.6 is 24.8 Å². The van der Waals surface area contributed by atoms with Crippen LogP contribution in [0, 0.1) is 0 Å². The molecule has 0 saturated carbocycles. The molecule has 0 saturated heterocycles. The van der Waals surface area contributed by atoms with Gasteiger partial charge in [0.2, 0.25) is 0 Å². The summed E-state index contributed by atoms with van der Waals surface area (Å²) in [5.74, 6) is 0.569. The van der Waals surface area contributed by atoms with Crippen molar-refractivity contribution in [2.45, 2.75) is 4.90 Å². The van der Waals surface area contributed by atoms with Crippen molar-refractivity contribution in [3.63, 3.8) is 0 Å². The molecule has 0 bridgehead atoms. The first-order valence-electron chi connectivity index (χ1n) is 3.09. The third kappa shape index (κ3) is 1.98. The summed E-state index contributed by atoms with van der Waals surface area (Å²) in [5.41, 5.74) is 1.01. The minimum Gasteiger partial charge on any atom is -0.610 e. The number of para-hydroxylation sites is 1. The highest BCUT2D eigenvalue weighted by molar-refractivity contribution is 7.92. The molecular formula is C7H9Cl2NOS. The van der Waals surface area contributed by atoms with Crippen LogP contribution in [0.1, 0.15) is 0 Å². The van der Waals surface area contributed by atoms with Crippen LogP contribution < -0.4 is 5.32 Å². The van der Waals surface area contributed by atoms with Gasteiger partial charge in [0.1, 0.15) is 0 Å². The Morgan fingerprint density at radius 3 is 2.58 bits per heavy atom. The lowest BCUT2D eigenvalue weighted by atomic mass is 10.3. The van der Waals surface area contributed by atoms with Crippen molar-refractivity contribution < 1.29 is 4.55 Å². The number of nitrogens with one attached hydrogen (secondary N) is 1. The maximum atomic E-state index is 11.1. The van der Waals surface area contributed by atoms with Gasteiger partial charge in [0.05, 0.1) is 5.69 Å². The maximum Gasteiger partial charge on any atom is 0.181 e. The maximum absolute atomic E-state index is 11.1. The summed E-state index contributed by atoms with van der Waals surface area (Å²) in [6.07, 6.45) is 0. The largest absolute Gasteiger partial charge is 0.610 e. The number of halogens is 2. The summed E-state index contributed by atoms with van der Waals surface area (Å²) in [5, 5.41) is 3.05. The van der Waals surface area contributed by atoms with Gasteiger partial charge in [0, 0.05) is 11.2 Å². The molecule has 5 heteroatoms. The van der Waals surface area contributed by atoms with Crippen LogP contribution in [-0.2, 0) is 11.2 Å². The first-order valence-corrected chi connectivity index (χ1v) is 4.41. The molecule has 1 atom stereocenters. The average molecular weight is 226 g/mol. The summed E-state index contributed by atoms with van der Waals surface area (Å²) >= 11 is -0.809. The smallest absolute Gasteiger partial charge is 0.181 e. The number of rotatable bonds is 0. The summed E-state index contributed by atoms with van der Waals surface area (Å²) in [6, 6.07) is 7.68. The van der Waals surface area contributed by atoms with Crippen LogP contribution in [0.5, 0.6) is 0 Å². The Balaban J connectivity index is 0.000000605. The van der Waals surface area contributed by atoms with E-state index < -0.39 is 11.2 Å². The van der Waals surface area contributed by atoms with E-state index in [9.17, 15) is 4.55 Å². The van der Waals surface area contributed by atoms with Gasteiger partial charge in [-0.2, -0.15) is 0 Å². The Bertz CT molecular complexity index is 259. The first kappa shape index (κ1) is 11.9. The van der Waals surface area contributed by atoms with Crippen molar-refractivity contribution in [2.75, 3.05) is 11.2 Å². The highest BCUT2D eigenvalue weighted by Gasteiger charge is 2.21. The van der Waals surface area contributed by atoms with Gasteiger partial charge in [0.15, 0.2) is 10.8 Å². The summed E-state index contributed by atoms with van der Waals surface area (Å²) in [7, 11) is 0. The van der Waals surface area contributed by atoms with E-state index in [0.29, 0.717) is 5.88 Å². The first-order chi connectivity index (χ1) is 4.88. The van der Waals surface area contributed by atoms with E-state index >= 15 is 0 Å². The van der Waals surface area contributed by atoms with Gasteiger partial charge >= 0.3 is 0 Å². The molecule has 1 N–H and O–H groups in total. The average Bonchev–Trinajstić information content (AvgIpc) is 2.34. The molecule has 0 aromatic heterocycles. The standard InChI is InChI=1S/C7H7NOS.2ClH/c9-10-5-8-6-3-1-2-4-7(6)10;;/h1-4,8H,5H2;2*1H. The van der Waals surface area contributed by atoms with E-state index in [0.717, 1.165) is 10.6 Å². The van der Waals surface area contributed by atoms with Crippen molar-refractivity contribution in [2.24, 2.45) is 0 Å². The monoisotopic (exact) mass is 225 g/mol. The van der Waals surface area contributed by atoms with Crippen LogP contribution in [-0.4, -0.2) is 10.4 Å². The van der Waals surface area contributed by atoms with Gasteiger partial charge in [-0.3, -0.25) is 0 Å². The quantitative estimate of drug-likeness (QED) is 0.687. The molecule has 2 nitrogen and oxygen atoms in total. The molecule has 0 fully saturated rings. The lowest BCUT2D eigenvalue weighted by Crippen LogP contribution is -2.02. The number of hydrogen-bond acceptors (Lipinski definition) is 2. The molecule has 2 rings (SSSR count). The molecule has 1 aromatic carbocycles. The van der Waals surface area contributed by atoms with Gasteiger partial charge < -0.3 is 9.87 Å². The fraction of sp³-hybridized carbons (Fsp3) is 0.143. The lowest BCUT2D eigenvalue weighted by Gasteiger charge is -1.98. The molecule has 12 heavy (non-hydrogen) atoms. The third-order valence-electron chi connectivity index (χ3n) is 1.53. The Morgan fingerprint density at radius 1 is 1.25 bits per heavy atom. The second kappa shape index (κ2) is 4.82. The number of benzene rings is 1. The van der Waals surface area contributed by atoms with Crippen molar-refractivity contribution in [3.8, 4) is 0 Å². The fourth-order valence-corrected chi connectivity index (χ4v) is 2.09. The zero-order valence-electron chi connectivity index (χ0n) is 6.15. The summed E-state index contributed by atoms with van der Waals surface area (Å²) in [4.78, 5) is 0.933. The van der Waals surface area contributed by atoms with Crippen LogP contribution in [0.15, 0.2) is 29.2 Å². The molecule has 1 heterocycles. The molecule has 0 radical (unpaired) electrons. The van der Waals surface area contributed by atoms with Crippen LogP contribution in [0.25, 0.3) is 0 Å². The Hall–Kier alpha value is -0.0900. The molecule has 0 amide bonds. The fourth-order valence-electron chi connectivity index (χ4n) is 1.03. The molecule has 1 aromatic rings. The zero-order valence-corrected chi connectivity index (χ0v) is 8.60. The number of hydrogen-bond donors (Lipinski definition) is 1. The molecule has 1 aliphatic rings. The van der Waals surface area contributed by atoms with E-state index in [4.69, 9.17) is 0 Å². The van der Waals surface area contributed by atoms with E-state index in [1.165, 1.54) is 0 Å². The highest BCUT2D eigenvalue weighted by Crippen LogP contribution is 2.27. The minimum absolute atomic E-state index is 0. The highest BCUT2D eigenvalue weighted by atomic mass is 35.5. The number of anilines is 1. The number of fused-ring (bicyclic) bond motifs is 1. The Kier molecular flexibility index (Phi) is 4.78. The molecule has 0 spiro atoms. The van der Waals surface area contributed by atoms with Gasteiger partial charge in [0.25, 0.3) is 0 Å². The van der Waals surface area contributed by atoms with Crippen molar-refractivity contribution in [3.05, 3.63) is 24.3 Å². The topological polar surface area (TPSA) is 35.1 Å². The SMILES string of the molecule is Cl.Cl.[O-][S+]1CNc2ccccc21. The molecule has 0 aliphatic carbocycles. The summed E-state index contributed by atoms with van der Waals surface area (Å²) in [6.45, 7) is 0. The lowest BCUT2D eigenvalue weighted by molar-refractivity contribution is 0.600. The normalized spacial score (nSPS) is 18.2. The Labute approximate surface area is 86.7 Å². The van der Waals surface area contributed by atoms with Crippen molar-refractivity contribution in [1.82, 2.24) is 0 Å². The molecule has 1 aliphatic heterocycles. The van der Waals surface area contributed by atoms with Gasteiger partial charge in [-0.1, -0.05) is 12.1 Å². The molecular weight excluding hydrogens is 217 g/mol. The van der Waals surface area contributed by atoms with Gasteiger partial charge in [-0.05, 0) is 12.1 Å². The van der Waals surface area contributed by atoms with Crippen LogP contribution in [0.2, 0.25) is 0 Å². The van der Waals surface area contributed by atoms with E-state index in [-0.39, 0.29) is 24.8 Å². The van der Waals surface area contributed by atoms with Crippen LogP contribution in [0.4, 0.5) is 5.69 Å². The van der Waals surface area contributed by atoms with Crippen molar-refractivity contribution in [1.29, 1.82) is 0 Å². The van der Waals surface area contributed by atoms with Gasteiger partial charge in [-0.25, -0.2) is 0 Å². The predicted octanol–water partition coefficient (Wildman–Crippen LogP) is 2.02. The zero-order chi connectivity index (χ0) is 6.97. The van der Waals surface area contributed by atoms with Crippen molar-refractivity contribution >= 4 is 41.7 Å². The second-order valence-electron chi connectivity index (χ2n) is 2.16.